The Morgan fingerprint density at radius 2 is 1.75 bits per heavy atom. The van der Waals surface area contributed by atoms with Crippen LogP contribution in [0.2, 0.25) is 0 Å². The lowest BCUT2D eigenvalue weighted by Gasteiger charge is -1.88. The van der Waals surface area contributed by atoms with Crippen LogP contribution in [0.4, 0.5) is 0 Å². The van der Waals surface area contributed by atoms with Gasteiger partial charge in [-0.3, -0.25) is 9.78 Å². The highest BCUT2D eigenvalue weighted by Gasteiger charge is 1.80. The quantitative estimate of drug-likeness (QED) is 0.595. The standard InChI is InChI=1S/C5H6N2O.2C2H6/c1-7-3-2-6-4-5(7)8;2*1-2/h2-4H,1H3;2*1-2H3. The Morgan fingerprint density at radius 1 is 1.25 bits per heavy atom. The van der Waals surface area contributed by atoms with Crippen LogP contribution in [-0.2, 0) is 7.05 Å². The van der Waals surface area contributed by atoms with Gasteiger partial charge >= 0.3 is 0 Å². The molecule has 0 aromatic carbocycles. The fourth-order valence-electron chi connectivity index (χ4n) is 0.410. The van der Waals surface area contributed by atoms with Crippen molar-refractivity contribution in [3.63, 3.8) is 0 Å². The van der Waals surface area contributed by atoms with Gasteiger partial charge in [0.2, 0.25) is 0 Å². The molecule has 0 atom stereocenters. The molecule has 3 nitrogen and oxygen atoms in total. The molecule has 0 spiro atoms. The van der Waals surface area contributed by atoms with Gasteiger partial charge in [-0.25, -0.2) is 0 Å². The average Bonchev–Trinajstić information content (AvgIpc) is 2.17. The zero-order valence-electron chi connectivity index (χ0n) is 8.53. The third-order valence-electron chi connectivity index (χ3n) is 0.909. The monoisotopic (exact) mass is 170 g/mol. The molecule has 0 radical (unpaired) electrons. The molecule has 1 aromatic heterocycles. The molecule has 0 aliphatic carbocycles. The van der Waals surface area contributed by atoms with Crippen LogP contribution >= 0.6 is 0 Å². The zero-order chi connectivity index (χ0) is 9.98. The summed E-state index contributed by atoms with van der Waals surface area (Å²) < 4.78 is 1.47. The lowest BCUT2D eigenvalue weighted by Crippen LogP contribution is -2.14. The summed E-state index contributed by atoms with van der Waals surface area (Å²) in [5.41, 5.74) is -0.0764. The van der Waals surface area contributed by atoms with E-state index in [0.29, 0.717) is 0 Å². The van der Waals surface area contributed by atoms with E-state index in [1.54, 1.807) is 19.4 Å². The lowest BCUT2D eigenvalue weighted by molar-refractivity contribution is 0.841. The highest BCUT2D eigenvalue weighted by atomic mass is 16.1. The first-order chi connectivity index (χ1) is 5.80. The maximum absolute atomic E-state index is 10.5. The summed E-state index contributed by atoms with van der Waals surface area (Å²) in [5.74, 6) is 0. The molecule has 0 aliphatic rings. The van der Waals surface area contributed by atoms with E-state index in [9.17, 15) is 4.79 Å². The Kier molecular flexibility index (Phi) is 11.1. The maximum atomic E-state index is 10.5. The van der Waals surface area contributed by atoms with Gasteiger partial charge in [0.05, 0.1) is 6.20 Å². The van der Waals surface area contributed by atoms with Crippen molar-refractivity contribution in [2.24, 2.45) is 7.05 Å². The molecule has 70 valence electrons. The molecule has 0 unspecified atom stereocenters. The van der Waals surface area contributed by atoms with Gasteiger partial charge in [-0.05, 0) is 0 Å². The molecule has 1 heterocycles. The summed E-state index contributed by atoms with van der Waals surface area (Å²) >= 11 is 0. The van der Waals surface area contributed by atoms with Crippen molar-refractivity contribution < 1.29 is 0 Å². The summed E-state index contributed by atoms with van der Waals surface area (Å²) in [6.07, 6.45) is 4.46. The fraction of sp³-hybridized carbons (Fsp3) is 0.556. The second kappa shape index (κ2) is 9.88. The summed E-state index contributed by atoms with van der Waals surface area (Å²) in [6, 6.07) is 0. The molecule has 0 fully saturated rings. The molecule has 0 saturated heterocycles. The number of aromatic nitrogens is 2. The topological polar surface area (TPSA) is 34.9 Å². The zero-order valence-corrected chi connectivity index (χ0v) is 8.53. The first kappa shape index (κ1) is 13.5. The second-order valence-corrected chi connectivity index (χ2v) is 1.53. The Bertz CT molecular complexity index is 230. The number of hydrogen-bond donors (Lipinski definition) is 0. The van der Waals surface area contributed by atoms with E-state index >= 15 is 0 Å². The molecule has 0 aliphatic heterocycles. The smallest absolute Gasteiger partial charge is 0.268 e. The molecule has 1 rings (SSSR count). The van der Waals surface area contributed by atoms with Crippen molar-refractivity contribution >= 4 is 0 Å². The number of hydrogen-bond acceptors (Lipinski definition) is 2. The van der Waals surface area contributed by atoms with Crippen molar-refractivity contribution in [1.82, 2.24) is 9.55 Å². The summed E-state index contributed by atoms with van der Waals surface area (Å²) in [7, 11) is 1.68. The molecule has 12 heavy (non-hydrogen) atoms. The third-order valence-corrected chi connectivity index (χ3v) is 0.909. The molecule has 0 saturated carbocycles. The van der Waals surface area contributed by atoms with Crippen molar-refractivity contribution in [1.29, 1.82) is 0 Å². The predicted octanol–water partition coefficient (Wildman–Crippen LogP) is 1.83. The average molecular weight is 170 g/mol. The normalized spacial score (nSPS) is 7.08. The van der Waals surface area contributed by atoms with Gasteiger partial charge in [0, 0.05) is 19.4 Å². The molecular weight excluding hydrogens is 152 g/mol. The van der Waals surface area contributed by atoms with Gasteiger partial charge in [-0.2, -0.15) is 0 Å². The fourth-order valence-corrected chi connectivity index (χ4v) is 0.410. The first-order valence-corrected chi connectivity index (χ1v) is 4.27. The van der Waals surface area contributed by atoms with Gasteiger partial charge in [-0.15, -0.1) is 0 Å². The van der Waals surface area contributed by atoms with Crippen molar-refractivity contribution in [2.45, 2.75) is 27.7 Å². The molecule has 1 aromatic rings. The molecule has 3 heteroatoms. The van der Waals surface area contributed by atoms with Crippen LogP contribution in [0.15, 0.2) is 23.4 Å². The minimum Gasteiger partial charge on any atom is -0.316 e. The molecule has 0 bridgehead atoms. The van der Waals surface area contributed by atoms with Crippen molar-refractivity contribution in [2.75, 3.05) is 0 Å². The van der Waals surface area contributed by atoms with E-state index in [1.807, 2.05) is 27.7 Å². The van der Waals surface area contributed by atoms with Gasteiger partial charge < -0.3 is 4.57 Å². The SMILES string of the molecule is CC.CC.Cn1ccncc1=O. The van der Waals surface area contributed by atoms with Crippen LogP contribution in [0.3, 0.4) is 0 Å². The third kappa shape index (κ3) is 5.65. The van der Waals surface area contributed by atoms with Crippen LogP contribution in [0.1, 0.15) is 27.7 Å². The van der Waals surface area contributed by atoms with Crippen LogP contribution in [0, 0.1) is 0 Å². The maximum Gasteiger partial charge on any atom is 0.268 e. The van der Waals surface area contributed by atoms with Gasteiger partial charge in [0.15, 0.2) is 0 Å². The van der Waals surface area contributed by atoms with Crippen LogP contribution in [-0.4, -0.2) is 9.55 Å². The minimum atomic E-state index is -0.0764. The molecular formula is C9H18N2O. The second-order valence-electron chi connectivity index (χ2n) is 1.53. The van der Waals surface area contributed by atoms with E-state index in [2.05, 4.69) is 4.98 Å². The highest BCUT2D eigenvalue weighted by molar-refractivity contribution is 4.77. The summed E-state index contributed by atoms with van der Waals surface area (Å²) in [4.78, 5) is 14.1. The Hall–Kier alpha value is -1.12. The van der Waals surface area contributed by atoms with Crippen molar-refractivity contribution in [3.05, 3.63) is 28.9 Å². The molecule has 0 N–H and O–H groups in total. The minimum absolute atomic E-state index is 0.0764. The van der Waals surface area contributed by atoms with E-state index in [-0.39, 0.29) is 5.56 Å². The lowest BCUT2D eigenvalue weighted by atomic mass is 10.7. The van der Waals surface area contributed by atoms with Crippen LogP contribution < -0.4 is 5.56 Å². The molecule has 0 amide bonds. The van der Waals surface area contributed by atoms with E-state index in [0.717, 1.165) is 0 Å². The van der Waals surface area contributed by atoms with E-state index < -0.39 is 0 Å². The highest BCUT2D eigenvalue weighted by Crippen LogP contribution is 1.66. The van der Waals surface area contributed by atoms with Gasteiger partial charge in [0.1, 0.15) is 0 Å². The Balaban J connectivity index is 0. The van der Waals surface area contributed by atoms with E-state index in [4.69, 9.17) is 0 Å². The Morgan fingerprint density at radius 3 is 2.00 bits per heavy atom. The largest absolute Gasteiger partial charge is 0.316 e. The predicted molar refractivity (Wildman–Crippen MR) is 52.2 cm³/mol. The van der Waals surface area contributed by atoms with E-state index in [1.165, 1.54) is 10.8 Å². The summed E-state index contributed by atoms with van der Waals surface area (Å²) in [5, 5.41) is 0. The Labute approximate surface area is 74.1 Å². The first-order valence-electron chi connectivity index (χ1n) is 4.27. The number of rotatable bonds is 0. The van der Waals surface area contributed by atoms with Crippen LogP contribution in [0.5, 0.6) is 0 Å². The summed E-state index contributed by atoms with van der Waals surface area (Å²) in [6.45, 7) is 8.00. The van der Waals surface area contributed by atoms with Crippen molar-refractivity contribution in [3.8, 4) is 0 Å². The number of nitrogens with zero attached hydrogens (tertiary/aromatic N) is 2. The van der Waals surface area contributed by atoms with Crippen LogP contribution in [0.25, 0.3) is 0 Å². The van der Waals surface area contributed by atoms with Gasteiger partial charge in [0.25, 0.3) is 5.56 Å². The van der Waals surface area contributed by atoms with Gasteiger partial charge in [-0.1, -0.05) is 27.7 Å². The number of aryl methyl sites for hydroxylation is 1.